The lowest BCUT2D eigenvalue weighted by Gasteiger charge is -2.17. The molecule has 1 aliphatic rings. The van der Waals surface area contributed by atoms with E-state index in [1.54, 1.807) is 0 Å². The van der Waals surface area contributed by atoms with Gasteiger partial charge >= 0.3 is 0 Å². The smallest absolute Gasteiger partial charge is 0.128 e. The van der Waals surface area contributed by atoms with Gasteiger partial charge in [-0.25, -0.2) is 0 Å². The topological polar surface area (TPSA) is 35.2 Å². The largest absolute Gasteiger partial charge is 0.457 e. The van der Waals surface area contributed by atoms with Crippen molar-refractivity contribution in [3.05, 3.63) is 57.6 Å². The van der Waals surface area contributed by atoms with Gasteiger partial charge in [0, 0.05) is 11.0 Å². The number of hydrogen-bond donors (Lipinski definition) is 1. The molecule has 2 N–H and O–H groups in total. The Bertz CT molecular complexity index is 624. The molecule has 0 spiro atoms. The van der Waals surface area contributed by atoms with Crippen molar-refractivity contribution in [2.45, 2.75) is 32.2 Å². The summed E-state index contributed by atoms with van der Waals surface area (Å²) in [5, 5.41) is 0. The van der Waals surface area contributed by atoms with Crippen molar-refractivity contribution in [2.24, 2.45) is 5.73 Å². The van der Waals surface area contributed by atoms with Crippen molar-refractivity contribution in [2.75, 3.05) is 0 Å². The third kappa shape index (κ3) is 3.05. The highest BCUT2D eigenvalue weighted by atomic mass is 79.9. The zero-order valence-corrected chi connectivity index (χ0v) is 12.9. The van der Waals surface area contributed by atoms with Crippen molar-refractivity contribution in [1.82, 2.24) is 0 Å². The Hall–Kier alpha value is -1.32. The van der Waals surface area contributed by atoms with Crippen LogP contribution in [0.3, 0.4) is 0 Å². The monoisotopic (exact) mass is 331 g/mol. The quantitative estimate of drug-likeness (QED) is 0.893. The molecule has 0 radical (unpaired) electrons. The van der Waals surface area contributed by atoms with Gasteiger partial charge in [0.2, 0.25) is 0 Å². The molecule has 0 fully saturated rings. The van der Waals surface area contributed by atoms with Gasteiger partial charge in [-0.15, -0.1) is 0 Å². The fraction of sp³-hybridized carbons (Fsp3) is 0.294. The highest BCUT2D eigenvalue weighted by Crippen LogP contribution is 2.30. The third-order valence-electron chi connectivity index (χ3n) is 3.72. The van der Waals surface area contributed by atoms with Crippen LogP contribution >= 0.6 is 15.9 Å². The van der Waals surface area contributed by atoms with Gasteiger partial charge in [-0.3, -0.25) is 0 Å². The standard InChI is InChI=1S/C17H18BrNO/c18-15-7-12(11-19)8-17(10-15)20-16-6-5-13-3-1-2-4-14(13)9-16/h5-10H,1-4,11,19H2. The lowest BCUT2D eigenvalue weighted by Crippen LogP contribution is -2.02. The number of nitrogens with two attached hydrogens (primary N) is 1. The Morgan fingerprint density at radius 2 is 1.75 bits per heavy atom. The summed E-state index contributed by atoms with van der Waals surface area (Å²) in [6.07, 6.45) is 4.95. The first-order valence-electron chi connectivity index (χ1n) is 7.04. The number of ether oxygens (including phenoxy) is 1. The van der Waals surface area contributed by atoms with E-state index in [-0.39, 0.29) is 0 Å². The fourth-order valence-corrected chi connectivity index (χ4v) is 3.23. The number of rotatable bonds is 3. The number of aryl methyl sites for hydroxylation is 2. The molecule has 3 rings (SSSR count). The predicted octanol–water partition coefficient (Wildman–Crippen LogP) is 4.58. The highest BCUT2D eigenvalue weighted by Gasteiger charge is 2.10. The Morgan fingerprint density at radius 3 is 2.55 bits per heavy atom. The minimum absolute atomic E-state index is 0.514. The molecular weight excluding hydrogens is 314 g/mol. The SMILES string of the molecule is NCc1cc(Br)cc(Oc2ccc3c(c2)CCCC3)c1. The molecule has 1 aliphatic carbocycles. The van der Waals surface area contributed by atoms with Gasteiger partial charge in [0.1, 0.15) is 11.5 Å². The average Bonchev–Trinajstić information content (AvgIpc) is 2.46. The maximum absolute atomic E-state index is 5.98. The maximum Gasteiger partial charge on any atom is 0.128 e. The van der Waals surface area contributed by atoms with Crippen LogP contribution in [0.1, 0.15) is 29.5 Å². The van der Waals surface area contributed by atoms with Crippen molar-refractivity contribution in [3.63, 3.8) is 0 Å². The first-order chi connectivity index (χ1) is 9.74. The van der Waals surface area contributed by atoms with Crippen molar-refractivity contribution in [1.29, 1.82) is 0 Å². The molecule has 104 valence electrons. The first-order valence-corrected chi connectivity index (χ1v) is 7.83. The summed E-state index contributed by atoms with van der Waals surface area (Å²) in [4.78, 5) is 0. The molecule has 2 aromatic carbocycles. The molecule has 0 atom stereocenters. The minimum Gasteiger partial charge on any atom is -0.457 e. The summed E-state index contributed by atoms with van der Waals surface area (Å²) in [5.74, 6) is 1.74. The number of benzene rings is 2. The molecule has 0 saturated carbocycles. The lowest BCUT2D eigenvalue weighted by molar-refractivity contribution is 0.479. The van der Waals surface area contributed by atoms with Gasteiger partial charge in [-0.05, 0) is 72.7 Å². The molecule has 2 aromatic rings. The summed E-state index contributed by atoms with van der Waals surface area (Å²) in [7, 11) is 0. The van der Waals surface area contributed by atoms with Gasteiger partial charge in [0.05, 0.1) is 0 Å². The van der Waals surface area contributed by atoms with Crippen molar-refractivity contribution < 1.29 is 4.74 Å². The summed E-state index contributed by atoms with van der Waals surface area (Å²) in [6, 6.07) is 12.4. The van der Waals surface area contributed by atoms with Crippen LogP contribution in [0.4, 0.5) is 0 Å². The molecule has 20 heavy (non-hydrogen) atoms. The maximum atomic E-state index is 5.98. The summed E-state index contributed by atoms with van der Waals surface area (Å²) < 4.78 is 6.98. The Kier molecular flexibility index (Phi) is 4.08. The normalized spacial score (nSPS) is 13.9. The van der Waals surface area contributed by atoms with Crippen LogP contribution in [-0.4, -0.2) is 0 Å². The van der Waals surface area contributed by atoms with Gasteiger partial charge < -0.3 is 10.5 Å². The van der Waals surface area contributed by atoms with E-state index in [9.17, 15) is 0 Å². The second-order valence-corrected chi connectivity index (χ2v) is 6.15. The van der Waals surface area contributed by atoms with Gasteiger partial charge in [-0.2, -0.15) is 0 Å². The first kappa shape index (κ1) is 13.7. The molecule has 0 bridgehead atoms. The van der Waals surface area contributed by atoms with Crippen LogP contribution in [0.5, 0.6) is 11.5 Å². The van der Waals surface area contributed by atoms with E-state index in [0.29, 0.717) is 6.54 Å². The van der Waals surface area contributed by atoms with Crippen LogP contribution < -0.4 is 10.5 Å². The molecule has 3 heteroatoms. The Balaban J connectivity index is 1.85. The zero-order valence-electron chi connectivity index (χ0n) is 11.4. The van der Waals surface area contributed by atoms with Crippen LogP contribution in [0.25, 0.3) is 0 Å². The summed E-state index contributed by atoms with van der Waals surface area (Å²) >= 11 is 3.49. The Labute approximate surface area is 128 Å². The molecule has 0 saturated heterocycles. The molecule has 2 nitrogen and oxygen atoms in total. The van der Waals surface area contributed by atoms with Crippen LogP contribution in [0.15, 0.2) is 40.9 Å². The van der Waals surface area contributed by atoms with Crippen molar-refractivity contribution >= 4 is 15.9 Å². The minimum atomic E-state index is 0.514. The molecule has 0 unspecified atom stereocenters. The average molecular weight is 332 g/mol. The van der Waals surface area contributed by atoms with E-state index in [0.717, 1.165) is 21.5 Å². The van der Waals surface area contributed by atoms with Crippen molar-refractivity contribution in [3.8, 4) is 11.5 Å². The summed E-state index contributed by atoms with van der Waals surface area (Å²) in [6.45, 7) is 0.514. The number of halogens is 1. The second-order valence-electron chi connectivity index (χ2n) is 5.24. The lowest BCUT2D eigenvalue weighted by atomic mass is 9.92. The van der Waals surface area contributed by atoms with E-state index in [2.05, 4.69) is 34.1 Å². The zero-order chi connectivity index (χ0) is 13.9. The number of fused-ring (bicyclic) bond motifs is 1. The molecule has 0 aromatic heterocycles. The second kappa shape index (κ2) is 5.98. The molecule has 0 aliphatic heterocycles. The van der Waals surface area contributed by atoms with Gasteiger partial charge in [0.25, 0.3) is 0 Å². The van der Waals surface area contributed by atoms with E-state index in [4.69, 9.17) is 10.5 Å². The molecule has 0 amide bonds. The highest BCUT2D eigenvalue weighted by molar-refractivity contribution is 9.10. The van der Waals surface area contributed by atoms with Crippen LogP contribution in [-0.2, 0) is 19.4 Å². The van der Waals surface area contributed by atoms with Gasteiger partial charge in [0.15, 0.2) is 0 Å². The van der Waals surface area contributed by atoms with E-state index < -0.39 is 0 Å². The molecular formula is C17H18BrNO. The Morgan fingerprint density at radius 1 is 0.950 bits per heavy atom. The fourth-order valence-electron chi connectivity index (χ4n) is 2.71. The summed E-state index contributed by atoms with van der Waals surface area (Å²) in [5.41, 5.74) is 9.66. The van der Waals surface area contributed by atoms with Gasteiger partial charge in [-0.1, -0.05) is 22.0 Å². The van der Waals surface area contributed by atoms with Crippen LogP contribution in [0, 0.1) is 0 Å². The van der Waals surface area contributed by atoms with Crippen LogP contribution in [0.2, 0.25) is 0 Å². The molecule has 0 heterocycles. The third-order valence-corrected chi connectivity index (χ3v) is 4.18. The number of hydrogen-bond acceptors (Lipinski definition) is 2. The van der Waals surface area contributed by atoms with E-state index in [1.165, 1.54) is 36.8 Å². The van der Waals surface area contributed by atoms with E-state index >= 15 is 0 Å². The van der Waals surface area contributed by atoms with E-state index in [1.807, 2.05) is 18.2 Å². The predicted molar refractivity (Wildman–Crippen MR) is 85.2 cm³/mol.